The molecule has 29 N–H and O–H groups in total. The second kappa shape index (κ2) is 61.8. The van der Waals surface area contributed by atoms with Crippen molar-refractivity contribution in [3.05, 3.63) is 12.2 Å². The van der Waals surface area contributed by atoms with Crippen LogP contribution in [-0.4, -0.2) is 465 Å². The second-order valence-electron chi connectivity index (χ2n) is 38.9. The van der Waals surface area contributed by atoms with Crippen molar-refractivity contribution in [1.29, 1.82) is 0 Å². The third kappa shape index (κ3) is 35.1. The minimum absolute atomic E-state index is 0.0484. The van der Waals surface area contributed by atoms with Crippen molar-refractivity contribution in [1.82, 2.24) is 21.3 Å². The van der Waals surface area contributed by atoms with Crippen molar-refractivity contribution in [3.8, 4) is 0 Å². The average Bonchev–Trinajstić information content (AvgIpc) is 0.764. The van der Waals surface area contributed by atoms with Crippen LogP contribution in [0.5, 0.6) is 0 Å². The van der Waals surface area contributed by atoms with E-state index in [1.54, 1.807) is 6.08 Å². The van der Waals surface area contributed by atoms with Crippen molar-refractivity contribution >= 4 is 47.3 Å². The van der Waals surface area contributed by atoms with E-state index in [1.807, 2.05) is 0 Å². The third-order valence-corrected chi connectivity index (χ3v) is 27.4. The molecule has 7 aliphatic rings. The smallest absolute Gasteiger partial charge is 0.364 e. The van der Waals surface area contributed by atoms with Gasteiger partial charge in [0.2, 0.25) is 23.6 Å². The van der Waals surface area contributed by atoms with Gasteiger partial charge in [0.05, 0.1) is 108 Å². The molecule has 0 aromatic carbocycles. The molecule has 51 heteroatoms. The number of unbranched alkanes of at least 4 members (excludes halogenated alkanes) is 23. The number of Topliss-reactive ketones (excluding diaryl/α,β-unsaturated/α-hetero) is 1. The van der Waals surface area contributed by atoms with Crippen LogP contribution in [0.3, 0.4) is 0 Å². The number of carboxylic acid groups (broad SMARTS) is 3. The molecule has 0 saturated carbocycles. The molecule has 840 valence electrons. The maximum absolute atomic E-state index is 14.6. The molecule has 0 bridgehead atoms. The molecule has 0 radical (unpaired) electrons. The maximum Gasteiger partial charge on any atom is 0.364 e. The molecular formula is C94H162N4O47. The van der Waals surface area contributed by atoms with Gasteiger partial charge in [-0.1, -0.05) is 167 Å². The van der Waals surface area contributed by atoms with Gasteiger partial charge in [-0.15, -0.1) is 0 Å². The van der Waals surface area contributed by atoms with E-state index in [-0.39, 0.29) is 6.42 Å². The first kappa shape index (κ1) is 126. The van der Waals surface area contributed by atoms with Crippen LogP contribution in [0.1, 0.15) is 234 Å². The molecule has 0 aromatic rings. The van der Waals surface area contributed by atoms with Crippen LogP contribution in [0.25, 0.3) is 0 Å². The molecule has 7 aliphatic heterocycles. The van der Waals surface area contributed by atoms with Crippen LogP contribution in [0.4, 0.5) is 0 Å². The Labute approximate surface area is 840 Å². The maximum atomic E-state index is 14.6. The van der Waals surface area contributed by atoms with Crippen molar-refractivity contribution in [2.75, 3.05) is 52.9 Å². The van der Waals surface area contributed by atoms with Crippen molar-refractivity contribution in [2.45, 2.75) is 472 Å². The Hall–Kier alpha value is -5.74. The number of aliphatic carboxylic acids is 3. The number of allylic oxidation sites excluding steroid dienone is 1. The second-order valence-corrected chi connectivity index (χ2v) is 38.9. The number of amides is 4. The van der Waals surface area contributed by atoms with Gasteiger partial charge in [-0.2, -0.15) is 0 Å². The van der Waals surface area contributed by atoms with Gasteiger partial charge in [-0.25, -0.2) is 14.4 Å². The summed E-state index contributed by atoms with van der Waals surface area (Å²) in [6, 6.07) is -7.08. The van der Waals surface area contributed by atoms with Gasteiger partial charge in [0, 0.05) is 58.8 Å². The van der Waals surface area contributed by atoms with Gasteiger partial charge < -0.3 is 220 Å². The zero-order valence-electron chi connectivity index (χ0n) is 83.0. The van der Waals surface area contributed by atoms with Crippen LogP contribution in [0.2, 0.25) is 0 Å². The summed E-state index contributed by atoms with van der Waals surface area (Å²) in [5.41, 5.74) is 0. The molecule has 0 spiro atoms. The zero-order chi connectivity index (χ0) is 107. The molecule has 3 unspecified atom stereocenters. The number of hydrogen-bond donors (Lipinski definition) is 29. The van der Waals surface area contributed by atoms with Crippen LogP contribution < -0.4 is 21.3 Å². The predicted molar refractivity (Wildman–Crippen MR) is 493 cm³/mol. The monoisotopic (exact) mass is 2100 g/mol. The summed E-state index contributed by atoms with van der Waals surface area (Å²) in [6.07, 6.45) is -50.9. The van der Waals surface area contributed by atoms with E-state index in [2.05, 4.69) is 35.1 Å². The Morgan fingerprint density at radius 2 is 0.759 bits per heavy atom. The number of carbonyl (C=O) groups is 8. The first-order chi connectivity index (χ1) is 68.9. The minimum Gasteiger partial charge on any atom is -0.477 e. The molecule has 7 rings (SSSR count). The standard InChI is InChI=1S/C94H162N4O47/c1-7-9-11-13-15-17-19-21-23-25-27-29-31-33-53(110)52(98-64(116)34-32-30-28-26-24-22-20-18-16-14-12-10-8-2)46-132-86-74(123)73(122)78(62(44-104)135-86)138-88-76(125)84(145-94(91(130)131)38-56(113)67(97-50(6)109)82(143-94)72(121)61(43-103)140-92(89(126)127)36-54(111)65(95-48(4)107)80(141-92)68(117)57(114)39-99)79(63(45-105)136-88)139-85-51(35-47(3)106)77(70(119)59(41-101)133-85)137-87-75(124)83(71(120)60(42-102)134-87)144-93(90(128)129)37-55(112)66(96-49(5)108)81(142-93)69(118)58(115)40-100/h31,33,51-63,65-88,99-105,110-115,117-125H,7-30,32,34-46H2,1-6H3,(H,95,107)(H,96,108)(H,97,109)(H,98,116)(H,126,127)(H,128,129)(H,130,131)/t51-,52+,53-,54+,55+,56+,57-,58-,59-,60-,61-,62-,63-,65-,66-,67-,68-,69-,70+,71+,72-,73-,74-,75-,76-,77-,78-,79+,80?,81?,82?,83+,84-,85+,86-,87+,88+,92-,93+,94+/m1/s1. The number of carboxylic acids is 3. The van der Waals surface area contributed by atoms with Gasteiger partial charge >= 0.3 is 17.9 Å². The van der Waals surface area contributed by atoms with Crippen LogP contribution in [0, 0.1) is 5.92 Å². The summed E-state index contributed by atoms with van der Waals surface area (Å²) in [4.78, 5) is 107. The van der Waals surface area contributed by atoms with E-state index >= 15 is 0 Å². The normalized spacial score (nSPS) is 35.8. The first-order valence-electron chi connectivity index (χ1n) is 50.6. The van der Waals surface area contributed by atoms with Gasteiger partial charge in [0.1, 0.15) is 146 Å². The Bertz CT molecular complexity index is 3880. The zero-order valence-corrected chi connectivity index (χ0v) is 83.0. The first-order valence-corrected chi connectivity index (χ1v) is 50.6. The Morgan fingerprint density at radius 1 is 0.393 bits per heavy atom. The van der Waals surface area contributed by atoms with Gasteiger partial charge in [-0.3, -0.25) is 19.2 Å². The summed E-state index contributed by atoms with van der Waals surface area (Å²) in [7, 11) is 0. The van der Waals surface area contributed by atoms with Gasteiger partial charge in [-0.05, 0) is 26.2 Å². The number of aliphatic hydroxyl groups is 22. The molecule has 51 nitrogen and oxygen atoms in total. The quantitative estimate of drug-likeness (QED) is 0.0199. The molecule has 145 heavy (non-hydrogen) atoms. The largest absolute Gasteiger partial charge is 0.477 e. The van der Waals surface area contributed by atoms with Crippen molar-refractivity contribution in [2.24, 2.45) is 5.92 Å². The van der Waals surface area contributed by atoms with Gasteiger partial charge in [0.25, 0.3) is 17.4 Å². The fraction of sp³-hybridized carbons (Fsp3) is 0.894. The summed E-state index contributed by atoms with van der Waals surface area (Å²) < 4.78 is 84.9. The molecule has 4 amide bonds. The third-order valence-electron chi connectivity index (χ3n) is 27.4. The number of aliphatic hydroxyl groups excluding tert-OH is 22. The molecule has 0 aromatic heterocycles. The summed E-state index contributed by atoms with van der Waals surface area (Å²) in [5, 5.41) is 296. The van der Waals surface area contributed by atoms with E-state index in [4.69, 9.17) is 66.3 Å². The van der Waals surface area contributed by atoms with Crippen LogP contribution >= 0.6 is 0 Å². The highest BCUT2D eigenvalue weighted by molar-refractivity contribution is 5.79. The SMILES string of the molecule is CCCCCCCCCCCCCC=C[C@@H](O)[C@H](CO[C@@H]1O[C@H](CO)[C@@H](O[C@@H]2O[C@H](CO)[C@H](O[C@@H]3O[C@H](CO)[C@H](O)[C@H](O[C@@H]4O[C@H](CO)[C@H](O)[C@H](O[C@]5(C(=O)O)C[C@H](O)[C@@H](NC(C)=O)C([C@H](O)[C@H](O)CO)O5)[C@H]4O)[C@H]3CC(C)=O)[C@H](O[C@]3(C(=O)O)C[C@H](O)[C@@H](NC(C)=O)C([C@H](O)[C@@H](CO)O[C@]4(C(=O)O)C[C@H](O)[C@@H](NC(C)=O)C([C@H](O)[C@H](O)CO)O4)O3)[C@H]2O)[C@H](O)[C@H]1O)NC(=O)CCCCCCCCCCCCCCC. The van der Waals surface area contributed by atoms with E-state index in [0.717, 1.165) is 111 Å². The predicted octanol–water partition coefficient (Wildman–Crippen LogP) is -6.38. The van der Waals surface area contributed by atoms with Crippen LogP contribution in [0.15, 0.2) is 12.2 Å². The number of ketones is 1. The lowest BCUT2D eigenvalue weighted by Gasteiger charge is -2.53. The topological polar surface area (TPSA) is 820 Å². The summed E-state index contributed by atoms with van der Waals surface area (Å²) in [5.74, 6) is -23.8. The molecule has 40 atom stereocenters. The van der Waals surface area contributed by atoms with Crippen molar-refractivity contribution in [3.63, 3.8) is 0 Å². The van der Waals surface area contributed by atoms with E-state index < -0.39 is 369 Å². The van der Waals surface area contributed by atoms with E-state index in [9.17, 15) is 166 Å². The number of nitrogens with one attached hydrogen (secondary N) is 4. The van der Waals surface area contributed by atoms with E-state index in [1.165, 1.54) is 70.3 Å². The fourth-order valence-electron chi connectivity index (χ4n) is 19.4. The Morgan fingerprint density at radius 3 is 1.18 bits per heavy atom. The molecular weight excluding hydrogens is 1940 g/mol. The Kier molecular flexibility index (Phi) is 53.8. The van der Waals surface area contributed by atoms with Gasteiger partial charge in [0.15, 0.2) is 25.2 Å². The number of ether oxygens (including phenoxy) is 14. The lowest BCUT2D eigenvalue weighted by atomic mass is 9.86. The van der Waals surface area contributed by atoms with Crippen molar-refractivity contribution < 1.29 is 232 Å². The van der Waals surface area contributed by atoms with E-state index in [0.29, 0.717) is 12.8 Å². The highest BCUT2D eigenvalue weighted by Crippen LogP contribution is 2.46. The summed E-state index contributed by atoms with van der Waals surface area (Å²) >= 11 is 0. The molecule has 7 saturated heterocycles. The highest BCUT2D eigenvalue weighted by atomic mass is 16.8. The number of carbonyl (C=O) groups excluding carboxylic acids is 5. The lowest BCUT2D eigenvalue weighted by Crippen LogP contribution is -2.72. The summed E-state index contributed by atoms with van der Waals surface area (Å²) in [6.45, 7) is -2.09. The number of hydrogen-bond acceptors (Lipinski definition) is 44. The average molecular weight is 2100 g/mol. The molecule has 0 aliphatic carbocycles. The highest BCUT2D eigenvalue weighted by Gasteiger charge is 2.66. The van der Waals surface area contributed by atoms with Crippen LogP contribution in [-0.2, 0) is 105 Å². The number of rotatable bonds is 65. The minimum atomic E-state index is -3.79. The molecule has 7 fully saturated rings. The Balaban J connectivity index is 1.27. The fourth-order valence-corrected chi connectivity index (χ4v) is 19.4. The molecule has 7 heterocycles. The lowest BCUT2D eigenvalue weighted by molar-refractivity contribution is -0.409.